The highest BCUT2D eigenvalue weighted by Gasteiger charge is 2.20. The summed E-state index contributed by atoms with van der Waals surface area (Å²) in [7, 11) is 0. The first-order valence-corrected chi connectivity index (χ1v) is 5.49. The smallest absolute Gasteiger partial charge is 0.250 e. The van der Waals surface area contributed by atoms with Crippen molar-refractivity contribution >= 4 is 5.71 Å². The number of alkyl halides is 2. The molecule has 1 heterocycles. The number of aliphatic imine (C=N–C) groups is 1. The Labute approximate surface area is 97.6 Å². The van der Waals surface area contributed by atoms with Gasteiger partial charge in [-0.3, -0.25) is 4.99 Å². The summed E-state index contributed by atoms with van der Waals surface area (Å²) >= 11 is 0. The molecule has 1 N–H and O–H groups in total. The van der Waals surface area contributed by atoms with E-state index in [-0.39, 0.29) is 12.4 Å². The van der Waals surface area contributed by atoms with E-state index in [0.717, 1.165) is 16.9 Å². The van der Waals surface area contributed by atoms with Crippen LogP contribution in [0, 0.1) is 0 Å². The van der Waals surface area contributed by atoms with Crippen LogP contribution in [0.1, 0.15) is 12.8 Å². The lowest BCUT2D eigenvalue weighted by Gasteiger charge is -2.11. The normalized spacial score (nSPS) is 18.6. The third kappa shape index (κ3) is 3.06. The second-order valence-corrected chi connectivity index (χ2v) is 3.93. The Kier molecular flexibility index (Phi) is 3.78. The molecule has 2 nitrogen and oxygen atoms in total. The van der Waals surface area contributed by atoms with Gasteiger partial charge in [0, 0.05) is 18.2 Å². The number of halogens is 3. The molecule has 0 saturated heterocycles. The van der Waals surface area contributed by atoms with Gasteiger partial charge in [-0.15, -0.1) is 0 Å². The van der Waals surface area contributed by atoms with E-state index in [1.54, 1.807) is 6.20 Å². The first kappa shape index (κ1) is 12.1. The fourth-order valence-electron chi connectivity index (χ4n) is 1.84. The van der Waals surface area contributed by atoms with Gasteiger partial charge in [0.2, 0.25) is 0 Å². The number of fused-ring (bicyclic) bond motifs is 1. The summed E-state index contributed by atoms with van der Waals surface area (Å²) in [4.78, 5) is 4.19. The first-order chi connectivity index (χ1) is 8.16. The van der Waals surface area contributed by atoms with E-state index in [2.05, 4.69) is 10.3 Å². The quantitative estimate of drug-likeness (QED) is 0.736. The number of nitrogens with zero attached hydrogens (tertiary/aromatic N) is 1. The Morgan fingerprint density at radius 3 is 3.00 bits per heavy atom. The third-order valence-corrected chi connectivity index (χ3v) is 2.68. The Morgan fingerprint density at radius 1 is 1.41 bits per heavy atom. The molecule has 0 saturated carbocycles. The summed E-state index contributed by atoms with van der Waals surface area (Å²) in [5.74, 6) is -0.257. The Hall–Kier alpha value is -1.36. The van der Waals surface area contributed by atoms with E-state index in [0.29, 0.717) is 19.4 Å². The monoisotopic (exact) mass is 242 g/mol. The van der Waals surface area contributed by atoms with Crippen LogP contribution in [0.5, 0.6) is 0 Å². The minimum Gasteiger partial charge on any atom is -0.311 e. The van der Waals surface area contributed by atoms with Gasteiger partial charge in [-0.1, -0.05) is 0 Å². The molecule has 92 valence electrons. The zero-order valence-corrected chi connectivity index (χ0v) is 9.22. The average Bonchev–Trinajstić information content (AvgIpc) is 2.67. The minimum atomic E-state index is -2.34. The van der Waals surface area contributed by atoms with Crippen molar-refractivity contribution in [3.05, 3.63) is 35.3 Å². The molecular weight excluding hydrogens is 229 g/mol. The van der Waals surface area contributed by atoms with Crippen LogP contribution in [0.2, 0.25) is 0 Å². The van der Waals surface area contributed by atoms with E-state index in [4.69, 9.17) is 0 Å². The van der Waals surface area contributed by atoms with Crippen molar-refractivity contribution in [3.63, 3.8) is 0 Å². The summed E-state index contributed by atoms with van der Waals surface area (Å²) in [6.45, 7) is 0.135. The highest BCUT2D eigenvalue weighted by molar-refractivity contribution is 6.08. The van der Waals surface area contributed by atoms with Crippen LogP contribution in [0.3, 0.4) is 0 Å². The number of rotatable bonds is 5. The molecule has 1 aliphatic heterocycles. The van der Waals surface area contributed by atoms with Crippen molar-refractivity contribution in [3.8, 4) is 0 Å². The SMILES string of the molecule is FC1=CCC2=NC=C(CCNCC(F)F)C2=C1. The lowest BCUT2D eigenvalue weighted by atomic mass is 9.95. The van der Waals surface area contributed by atoms with E-state index < -0.39 is 6.43 Å². The maximum absolute atomic E-state index is 13.1. The molecule has 0 aromatic carbocycles. The van der Waals surface area contributed by atoms with E-state index >= 15 is 0 Å². The molecular formula is C12H13F3N2. The van der Waals surface area contributed by atoms with Gasteiger partial charge in [-0.05, 0) is 30.7 Å². The molecule has 0 aromatic rings. The Bertz CT molecular complexity index is 419. The zero-order chi connectivity index (χ0) is 12.3. The maximum atomic E-state index is 13.1. The predicted molar refractivity (Wildman–Crippen MR) is 60.9 cm³/mol. The van der Waals surface area contributed by atoms with Crippen LogP contribution in [-0.4, -0.2) is 25.2 Å². The average molecular weight is 242 g/mol. The van der Waals surface area contributed by atoms with Crippen LogP contribution in [0.15, 0.2) is 40.3 Å². The lowest BCUT2D eigenvalue weighted by molar-refractivity contribution is 0.146. The van der Waals surface area contributed by atoms with Gasteiger partial charge < -0.3 is 5.32 Å². The van der Waals surface area contributed by atoms with Crippen molar-refractivity contribution < 1.29 is 13.2 Å². The molecule has 0 radical (unpaired) electrons. The lowest BCUT2D eigenvalue weighted by Crippen LogP contribution is -2.22. The second kappa shape index (κ2) is 5.31. The predicted octanol–water partition coefficient (Wildman–Crippen LogP) is 2.75. The summed E-state index contributed by atoms with van der Waals surface area (Å²) in [5.41, 5.74) is 2.57. The molecule has 0 spiro atoms. The van der Waals surface area contributed by atoms with E-state index in [1.165, 1.54) is 12.2 Å². The summed E-state index contributed by atoms with van der Waals surface area (Å²) in [6.07, 6.45) is 3.37. The van der Waals surface area contributed by atoms with Crippen molar-refractivity contribution in [1.82, 2.24) is 5.32 Å². The molecule has 0 bridgehead atoms. The van der Waals surface area contributed by atoms with E-state index in [9.17, 15) is 13.2 Å². The van der Waals surface area contributed by atoms with Gasteiger partial charge in [0.1, 0.15) is 5.83 Å². The number of hydrogen-bond donors (Lipinski definition) is 1. The van der Waals surface area contributed by atoms with Crippen molar-refractivity contribution in [2.75, 3.05) is 13.1 Å². The molecule has 0 fully saturated rings. The van der Waals surface area contributed by atoms with Crippen LogP contribution < -0.4 is 5.32 Å². The first-order valence-electron chi connectivity index (χ1n) is 5.49. The minimum absolute atomic E-state index is 0.257. The largest absolute Gasteiger partial charge is 0.311 e. The number of nitrogens with one attached hydrogen (secondary N) is 1. The Balaban J connectivity index is 1.85. The zero-order valence-electron chi connectivity index (χ0n) is 9.22. The highest BCUT2D eigenvalue weighted by atomic mass is 19.3. The van der Waals surface area contributed by atoms with Crippen LogP contribution in [0.4, 0.5) is 13.2 Å². The Morgan fingerprint density at radius 2 is 2.24 bits per heavy atom. The van der Waals surface area contributed by atoms with Crippen molar-refractivity contribution in [2.45, 2.75) is 19.3 Å². The van der Waals surface area contributed by atoms with Gasteiger partial charge in [0.05, 0.1) is 12.3 Å². The molecule has 1 aliphatic carbocycles. The van der Waals surface area contributed by atoms with E-state index in [1.807, 2.05) is 0 Å². The van der Waals surface area contributed by atoms with Gasteiger partial charge in [-0.25, -0.2) is 13.2 Å². The van der Waals surface area contributed by atoms with Crippen molar-refractivity contribution in [2.24, 2.45) is 4.99 Å². The van der Waals surface area contributed by atoms with Crippen molar-refractivity contribution in [1.29, 1.82) is 0 Å². The van der Waals surface area contributed by atoms with Gasteiger partial charge >= 0.3 is 0 Å². The van der Waals surface area contributed by atoms with Gasteiger partial charge in [0.15, 0.2) is 0 Å². The molecule has 5 heteroatoms. The summed E-state index contributed by atoms with van der Waals surface area (Å²) in [5, 5.41) is 2.64. The topological polar surface area (TPSA) is 24.4 Å². The van der Waals surface area contributed by atoms with Crippen LogP contribution >= 0.6 is 0 Å². The second-order valence-electron chi connectivity index (χ2n) is 3.93. The number of allylic oxidation sites excluding steroid dienone is 4. The summed E-state index contributed by atoms with van der Waals surface area (Å²) in [6, 6.07) is 0. The van der Waals surface area contributed by atoms with Gasteiger partial charge in [0.25, 0.3) is 6.43 Å². The number of hydrogen-bond acceptors (Lipinski definition) is 2. The molecule has 2 rings (SSSR count). The fourth-order valence-corrected chi connectivity index (χ4v) is 1.84. The highest BCUT2D eigenvalue weighted by Crippen LogP contribution is 2.28. The summed E-state index contributed by atoms with van der Waals surface area (Å²) < 4.78 is 36.9. The fraction of sp³-hybridized carbons (Fsp3) is 0.417. The third-order valence-electron chi connectivity index (χ3n) is 2.68. The standard InChI is InChI=1S/C12H13F3N2/c13-9-1-2-11-10(5-9)8(6-17-11)3-4-16-7-12(14)15/h1,5-6,12,16H,2-4,7H2. The molecule has 2 aliphatic rings. The maximum Gasteiger partial charge on any atom is 0.250 e. The molecule has 17 heavy (non-hydrogen) atoms. The van der Waals surface area contributed by atoms with Crippen LogP contribution in [-0.2, 0) is 0 Å². The molecule has 0 aromatic heterocycles. The van der Waals surface area contributed by atoms with Gasteiger partial charge in [-0.2, -0.15) is 0 Å². The van der Waals surface area contributed by atoms with Crippen LogP contribution in [0.25, 0.3) is 0 Å². The molecule has 0 amide bonds. The molecule has 0 atom stereocenters. The molecule has 0 unspecified atom stereocenters.